The molecule has 0 saturated carbocycles. The number of carbonyl (C=O) groups is 2. The van der Waals surface area contributed by atoms with Crippen LogP contribution in [0.15, 0.2) is 12.2 Å². The molecule has 3 atom stereocenters. The molecule has 0 rings (SSSR count). The van der Waals surface area contributed by atoms with Gasteiger partial charge in [-0.15, -0.1) is 0 Å². The number of hydrogen-bond acceptors (Lipinski definition) is 5. The van der Waals surface area contributed by atoms with Crippen LogP contribution in [0.2, 0.25) is 0 Å². The lowest BCUT2D eigenvalue weighted by molar-refractivity contribution is -0.151. The van der Waals surface area contributed by atoms with Crippen LogP contribution in [0.3, 0.4) is 0 Å². The fraction of sp³-hybridized carbons (Fsp3) is 0.920. The smallest absolute Gasteiger partial charge is 0.306 e. The van der Waals surface area contributed by atoms with Crippen LogP contribution in [0.1, 0.15) is 271 Å². The maximum Gasteiger partial charge on any atom is 0.306 e. The highest BCUT2D eigenvalue weighted by Crippen LogP contribution is 2.18. The van der Waals surface area contributed by atoms with E-state index in [0.29, 0.717) is 19.3 Å². The topological polar surface area (TPSA) is 95.9 Å². The summed E-state index contributed by atoms with van der Waals surface area (Å²) < 4.78 is 5.92. The van der Waals surface area contributed by atoms with E-state index in [1.54, 1.807) is 0 Å². The van der Waals surface area contributed by atoms with Crippen molar-refractivity contribution in [2.45, 2.75) is 289 Å². The van der Waals surface area contributed by atoms with Crippen LogP contribution < -0.4 is 5.32 Å². The maximum atomic E-state index is 13.1. The van der Waals surface area contributed by atoms with E-state index in [0.717, 1.165) is 51.4 Å². The van der Waals surface area contributed by atoms with Gasteiger partial charge in [0.05, 0.1) is 25.2 Å². The second-order valence-electron chi connectivity index (χ2n) is 17.2. The molecule has 0 aliphatic heterocycles. The van der Waals surface area contributed by atoms with Gasteiger partial charge in [-0.05, 0) is 51.4 Å². The number of hydrogen-bond donors (Lipinski definition) is 3. The predicted molar refractivity (Wildman–Crippen MR) is 241 cm³/mol. The third-order valence-electron chi connectivity index (χ3n) is 11.6. The predicted octanol–water partition coefficient (Wildman–Crippen LogP) is 14.6. The monoisotopic (exact) mass is 792 g/mol. The Kier molecular flexibility index (Phi) is 43.6. The second kappa shape index (κ2) is 44.7. The van der Waals surface area contributed by atoms with Gasteiger partial charge in [0, 0.05) is 6.42 Å². The van der Waals surface area contributed by atoms with E-state index in [2.05, 4.69) is 38.2 Å². The molecule has 0 spiro atoms. The van der Waals surface area contributed by atoms with Gasteiger partial charge < -0.3 is 20.3 Å². The average Bonchev–Trinajstić information content (AvgIpc) is 3.19. The Morgan fingerprint density at radius 2 is 0.857 bits per heavy atom. The molecular formula is C50H97NO5. The Bertz CT molecular complexity index is 847. The standard InChI is InChI=1S/C50H97NO5/c1-4-7-10-13-16-19-22-23-24-25-26-28-31-34-37-40-43-50(55)56-46(41-38-35-32-29-27-20-17-14-11-8-5-2)44-49(54)51-47(45-52)48(53)42-39-36-33-30-21-18-15-12-9-6-3/h24-25,46-48,52-53H,4-23,26-45H2,1-3H3,(H,51,54)/b25-24+. The van der Waals surface area contributed by atoms with Crippen molar-refractivity contribution in [3.8, 4) is 0 Å². The van der Waals surface area contributed by atoms with Crippen molar-refractivity contribution < 1.29 is 24.5 Å². The number of amides is 1. The van der Waals surface area contributed by atoms with E-state index in [4.69, 9.17) is 4.74 Å². The number of ether oxygens (including phenoxy) is 1. The van der Waals surface area contributed by atoms with Gasteiger partial charge in [0.1, 0.15) is 6.10 Å². The van der Waals surface area contributed by atoms with Crippen LogP contribution in [-0.2, 0) is 14.3 Å². The third kappa shape index (κ3) is 39.4. The van der Waals surface area contributed by atoms with Gasteiger partial charge in [0.2, 0.25) is 5.91 Å². The van der Waals surface area contributed by atoms with Gasteiger partial charge >= 0.3 is 5.97 Å². The number of unbranched alkanes of at least 4 members (excludes halogenated alkanes) is 31. The van der Waals surface area contributed by atoms with Crippen LogP contribution in [0, 0.1) is 0 Å². The molecule has 3 unspecified atom stereocenters. The maximum absolute atomic E-state index is 13.1. The van der Waals surface area contributed by atoms with Gasteiger partial charge in [-0.25, -0.2) is 0 Å². The Morgan fingerprint density at radius 3 is 1.27 bits per heavy atom. The second-order valence-corrected chi connectivity index (χ2v) is 17.2. The fourth-order valence-corrected chi connectivity index (χ4v) is 7.78. The van der Waals surface area contributed by atoms with E-state index < -0.39 is 18.2 Å². The lowest BCUT2D eigenvalue weighted by Gasteiger charge is -2.24. The zero-order valence-corrected chi connectivity index (χ0v) is 37.8. The number of nitrogens with one attached hydrogen (secondary N) is 1. The number of esters is 1. The summed E-state index contributed by atoms with van der Waals surface area (Å²) in [6.07, 6.45) is 48.4. The first-order valence-electron chi connectivity index (χ1n) is 24.9. The van der Waals surface area contributed by atoms with Gasteiger partial charge in [0.15, 0.2) is 0 Å². The number of rotatable bonds is 45. The molecule has 0 aliphatic carbocycles. The minimum Gasteiger partial charge on any atom is -0.462 e. The van der Waals surface area contributed by atoms with Crippen molar-refractivity contribution in [1.29, 1.82) is 0 Å². The molecule has 0 heterocycles. The lowest BCUT2D eigenvalue weighted by atomic mass is 10.0. The minimum absolute atomic E-state index is 0.0808. The molecule has 0 saturated heterocycles. The molecule has 0 aliphatic rings. The molecule has 0 radical (unpaired) electrons. The number of aliphatic hydroxyl groups is 2. The third-order valence-corrected chi connectivity index (χ3v) is 11.6. The van der Waals surface area contributed by atoms with Crippen molar-refractivity contribution in [2.75, 3.05) is 6.61 Å². The van der Waals surface area contributed by atoms with Crippen LogP contribution in [-0.4, -0.2) is 46.9 Å². The van der Waals surface area contributed by atoms with E-state index in [-0.39, 0.29) is 24.9 Å². The zero-order chi connectivity index (χ0) is 41.0. The highest BCUT2D eigenvalue weighted by molar-refractivity contribution is 5.77. The van der Waals surface area contributed by atoms with Crippen LogP contribution >= 0.6 is 0 Å². The Labute approximate surface area is 349 Å². The molecular weight excluding hydrogens is 695 g/mol. The summed E-state index contributed by atoms with van der Waals surface area (Å²) in [6, 6.07) is -0.694. The largest absolute Gasteiger partial charge is 0.462 e. The normalized spacial score (nSPS) is 13.3. The van der Waals surface area contributed by atoms with E-state index in [9.17, 15) is 19.8 Å². The summed E-state index contributed by atoms with van der Waals surface area (Å²) in [5, 5.41) is 23.7. The summed E-state index contributed by atoms with van der Waals surface area (Å²) in [5.41, 5.74) is 0. The number of carbonyl (C=O) groups excluding carboxylic acids is 2. The molecule has 56 heavy (non-hydrogen) atoms. The highest BCUT2D eigenvalue weighted by Gasteiger charge is 2.24. The first-order chi connectivity index (χ1) is 27.5. The summed E-state index contributed by atoms with van der Waals surface area (Å²) in [7, 11) is 0. The van der Waals surface area contributed by atoms with E-state index in [1.165, 1.54) is 173 Å². The number of aliphatic hydroxyl groups excluding tert-OH is 2. The summed E-state index contributed by atoms with van der Waals surface area (Å²) >= 11 is 0. The van der Waals surface area contributed by atoms with Crippen molar-refractivity contribution in [3.63, 3.8) is 0 Å². The van der Waals surface area contributed by atoms with Crippen molar-refractivity contribution in [2.24, 2.45) is 0 Å². The first-order valence-corrected chi connectivity index (χ1v) is 24.9. The van der Waals surface area contributed by atoms with Gasteiger partial charge in [-0.3, -0.25) is 9.59 Å². The van der Waals surface area contributed by atoms with Crippen molar-refractivity contribution >= 4 is 11.9 Å². The van der Waals surface area contributed by atoms with Crippen LogP contribution in [0.4, 0.5) is 0 Å². The molecule has 6 nitrogen and oxygen atoms in total. The molecule has 0 aromatic heterocycles. The molecule has 1 amide bonds. The molecule has 0 aromatic rings. The molecule has 0 bridgehead atoms. The number of allylic oxidation sites excluding steroid dienone is 2. The first kappa shape index (κ1) is 54.6. The highest BCUT2D eigenvalue weighted by atomic mass is 16.5. The molecule has 332 valence electrons. The summed E-state index contributed by atoms with van der Waals surface area (Å²) in [4.78, 5) is 26.0. The Morgan fingerprint density at radius 1 is 0.500 bits per heavy atom. The fourth-order valence-electron chi connectivity index (χ4n) is 7.78. The lowest BCUT2D eigenvalue weighted by Crippen LogP contribution is -2.46. The van der Waals surface area contributed by atoms with E-state index in [1.807, 2.05) is 0 Å². The van der Waals surface area contributed by atoms with Gasteiger partial charge in [-0.1, -0.05) is 219 Å². The van der Waals surface area contributed by atoms with E-state index >= 15 is 0 Å². The van der Waals surface area contributed by atoms with Crippen LogP contribution in [0.5, 0.6) is 0 Å². The summed E-state index contributed by atoms with van der Waals surface area (Å²) in [6.45, 7) is 6.47. The average molecular weight is 792 g/mol. The van der Waals surface area contributed by atoms with Crippen molar-refractivity contribution in [1.82, 2.24) is 5.32 Å². The van der Waals surface area contributed by atoms with Gasteiger partial charge in [0.25, 0.3) is 0 Å². The van der Waals surface area contributed by atoms with Gasteiger partial charge in [-0.2, -0.15) is 0 Å². The molecule has 6 heteroatoms. The quantitative estimate of drug-likeness (QED) is 0.0324. The molecule has 0 aromatic carbocycles. The minimum atomic E-state index is -0.781. The van der Waals surface area contributed by atoms with Crippen LogP contribution in [0.25, 0.3) is 0 Å². The SMILES string of the molecule is CCCCCCCCC/C=C/CCCCCCCC(=O)OC(CCCCCCCCCCCCC)CC(=O)NC(CO)C(O)CCCCCCCCCCCC. The van der Waals surface area contributed by atoms with Crippen molar-refractivity contribution in [3.05, 3.63) is 12.2 Å². The Balaban J connectivity index is 4.51. The molecule has 3 N–H and O–H groups in total. The molecule has 0 fully saturated rings. The summed E-state index contributed by atoms with van der Waals surface area (Å²) in [5.74, 6) is -0.470. The zero-order valence-electron chi connectivity index (χ0n) is 37.8. The Hall–Kier alpha value is -1.40.